The van der Waals surface area contributed by atoms with Gasteiger partial charge in [-0.25, -0.2) is 0 Å². The van der Waals surface area contributed by atoms with E-state index in [1.807, 2.05) is 0 Å². The first-order valence-corrected chi connectivity index (χ1v) is 0.728. The number of rotatable bonds is 0. The van der Waals surface area contributed by atoms with Gasteiger partial charge in [-0.05, 0) is 0 Å². The Kier molecular flexibility index (Phi) is 622. The molecule has 0 aliphatic rings. The van der Waals surface area contributed by atoms with Crippen molar-refractivity contribution in [2.45, 2.75) is 0 Å². The summed E-state index contributed by atoms with van der Waals surface area (Å²) in [7, 11) is 0. The summed E-state index contributed by atoms with van der Waals surface area (Å²) in [6.07, 6.45) is 0. The van der Waals surface area contributed by atoms with Crippen LogP contribution in [0.2, 0.25) is 0 Å². The Hall–Kier alpha value is 0.980. The standard InChI is InChI=1S/Ag.Mn.3O/q;;;2*-2. The van der Waals surface area contributed by atoms with Gasteiger partial charge in [-0.3, -0.25) is 0 Å². The second kappa shape index (κ2) is 82.2. The van der Waals surface area contributed by atoms with Crippen molar-refractivity contribution in [2.75, 3.05) is 0 Å². The van der Waals surface area contributed by atoms with E-state index in [-0.39, 0.29) is 28.0 Å². The van der Waals surface area contributed by atoms with Crippen molar-refractivity contribution in [2.24, 2.45) is 0 Å². The molecule has 3 nitrogen and oxygen atoms in total. The third-order valence-electron chi connectivity index (χ3n) is 0. The zero-order chi connectivity index (χ0) is 2.00. The molecule has 0 aliphatic heterocycles. The normalized spacial score (nSPS) is 1.20. The Morgan fingerprint density at radius 2 is 1.00 bits per heavy atom. The Morgan fingerprint density at radius 1 is 1.00 bits per heavy atom. The van der Waals surface area contributed by atoms with E-state index < -0.39 is 0 Å². The molecule has 0 saturated heterocycles. The Balaban J connectivity index is -0.00000000167. The summed E-state index contributed by atoms with van der Waals surface area (Å²) in [6.45, 7) is 0. The van der Waals surface area contributed by atoms with Crippen LogP contribution < -0.4 is 0 Å². The van der Waals surface area contributed by atoms with Gasteiger partial charge in [0.1, 0.15) is 0 Å². The fourth-order valence-electron chi connectivity index (χ4n) is 0. The minimum absolute atomic E-state index is 0. The van der Waals surface area contributed by atoms with Crippen molar-refractivity contribution >= 4 is 0 Å². The van der Waals surface area contributed by atoms with Crippen molar-refractivity contribution in [1.82, 2.24) is 0 Å². The van der Waals surface area contributed by atoms with Gasteiger partial charge in [0.05, 0.1) is 0 Å². The van der Waals surface area contributed by atoms with Gasteiger partial charge in [-0.2, -0.15) is 0 Å². The van der Waals surface area contributed by atoms with E-state index in [1.165, 1.54) is 0 Å². The average Bonchev–Trinajstić information content (AvgIpc) is 1.00. The maximum atomic E-state index is 8.06. The molecule has 5 heteroatoms. The van der Waals surface area contributed by atoms with Crippen molar-refractivity contribution in [3.8, 4) is 0 Å². The van der Waals surface area contributed by atoms with Gasteiger partial charge in [0.25, 0.3) is 0 Å². The first-order chi connectivity index (χ1) is 1.00. The van der Waals surface area contributed by atoms with Crippen molar-refractivity contribution in [1.29, 1.82) is 0 Å². The molecule has 0 amide bonds. The van der Waals surface area contributed by atoms with Crippen LogP contribution in [0.15, 0.2) is 0 Å². The maximum absolute atomic E-state index is 8.06. The Labute approximate surface area is 52.5 Å². The molecule has 0 spiro atoms. The van der Waals surface area contributed by atoms with Crippen LogP contribution in [-0.4, -0.2) is 0 Å². The van der Waals surface area contributed by atoms with Crippen molar-refractivity contribution in [3.05, 3.63) is 0 Å². The molecular weight excluding hydrogens is 211 g/mol. The third kappa shape index (κ3) is 46.1. The van der Waals surface area contributed by atoms with Gasteiger partial charge in [0.2, 0.25) is 0 Å². The molecule has 0 atom stereocenters. The van der Waals surface area contributed by atoms with Crippen LogP contribution >= 0.6 is 0 Å². The summed E-state index contributed by atoms with van der Waals surface area (Å²) < 4.78 is 8.06. The van der Waals surface area contributed by atoms with E-state index >= 15 is 0 Å². The topological polar surface area (TPSA) is 74.1 Å². The van der Waals surface area contributed by atoms with Gasteiger partial charge >= 0.3 is 24.3 Å². The molecule has 0 N–H and O–H groups in total. The van der Waals surface area contributed by atoms with Crippen LogP contribution in [0.4, 0.5) is 0 Å². The first kappa shape index (κ1) is 37.8. The van der Waals surface area contributed by atoms with E-state index in [0.29, 0.717) is 0 Å². The van der Waals surface area contributed by atoms with E-state index in [0.717, 1.165) is 0 Å². The molecule has 0 heterocycles. The fraction of sp³-hybridized carbons (Fsp3) is 0. The van der Waals surface area contributed by atoms with Crippen molar-refractivity contribution in [3.63, 3.8) is 0 Å². The number of hydrogen-bond donors (Lipinski definition) is 0. The van der Waals surface area contributed by atoms with E-state index in [2.05, 4.69) is 0 Å². The van der Waals surface area contributed by atoms with E-state index in [9.17, 15) is 0 Å². The average molecular weight is 211 g/mol. The zero-order valence-electron chi connectivity index (χ0n) is 1.90. The third-order valence-corrected chi connectivity index (χ3v) is 0. The second-order valence-electron chi connectivity index (χ2n) is 0. The first-order valence-electron chi connectivity index (χ1n) is 0.123. The molecule has 0 aromatic rings. The molecule has 0 aromatic heterocycles. The molecule has 1 radical (unpaired) electrons. The summed E-state index contributed by atoms with van der Waals surface area (Å²) in [5, 5.41) is 0. The summed E-state index contributed by atoms with van der Waals surface area (Å²) in [5.41, 5.74) is 0. The predicted octanol–water partition coefficient (Wildman–Crippen LogP) is -0.361. The molecular formula is AgMnO3-4. The van der Waals surface area contributed by atoms with Crippen LogP contribution in [-0.2, 0) is 52.3 Å². The minimum atomic E-state index is 0. The number of hydrogen-bond acceptors (Lipinski definition) is 1. The quantitative estimate of drug-likeness (QED) is 0.504. The van der Waals surface area contributed by atoms with Gasteiger partial charge in [-0.15, -0.1) is 0 Å². The van der Waals surface area contributed by atoms with Crippen LogP contribution in [0.1, 0.15) is 0 Å². The van der Waals surface area contributed by atoms with Crippen LogP contribution in [0.25, 0.3) is 0 Å². The second-order valence-corrected chi connectivity index (χ2v) is 0. The van der Waals surface area contributed by atoms with Gasteiger partial charge in [-0.1, -0.05) is 0 Å². The zero-order valence-corrected chi connectivity index (χ0v) is 4.57. The van der Waals surface area contributed by atoms with Gasteiger partial charge in [0, 0.05) is 17.1 Å². The SMILES string of the molecule is [Mn].[O-2].[O-2].[O]=[Ag]. The fourth-order valence-corrected chi connectivity index (χ4v) is 0. The molecule has 0 fully saturated rings. The molecule has 40 valence electrons. The van der Waals surface area contributed by atoms with E-state index in [4.69, 9.17) is 3.25 Å². The summed E-state index contributed by atoms with van der Waals surface area (Å²) in [5.74, 6) is 0. The van der Waals surface area contributed by atoms with Crippen LogP contribution in [0.3, 0.4) is 0 Å². The van der Waals surface area contributed by atoms with E-state index in [1.54, 1.807) is 21.0 Å². The van der Waals surface area contributed by atoms with Crippen LogP contribution in [0.5, 0.6) is 0 Å². The molecule has 0 unspecified atom stereocenters. The predicted molar refractivity (Wildman–Crippen MR) is 2.06 cm³/mol. The van der Waals surface area contributed by atoms with Gasteiger partial charge < -0.3 is 11.0 Å². The van der Waals surface area contributed by atoms with Gasteiger partial charge in [0.15, 0.2) is 0 Å². The van der Waals surface area contributed by atoms with Crippen molar-refractivity contribution < 1.29 is 52.3 Å². The monoisotopic (exact) mass is 210 g/mol. The summed E-state index contributed by atoms with van der Waals surface area (Å²) >= 11 is 1.70. The molecule has 0 aromatic carbocycles. The summed E-state index contributed by atoms with van der Waals surface area (Å²) in [6, 6.07) is 0. The molecule has 0 saturated carbocycles. The molecule has 0 bridgehead atoms. The molecule has 5 heavy (non-hydrogen) atoms. The summed E-state index contributed by atoms with van der Waals surface area (Å²) in [4.78, 5) is 0. The molecule has 0 aliphatic carbocycles. The Morgan fingerprint density at radius 3 is 1.00 bits per heavy atom. The Bertz CT molecular complexity index is 6.85. The molecule has 0 rings (SSSR count). The van der Waals surface area contributed by atoms with Crippen LogP contribution in [0, 0.1) is 0 Å².